The Morgan fingerprint density at radius 2 is 1.91 bits per heavy atom. The zero-order chi connectivity index (χ0) is 15.5. The normalized spacial score (nSPS) is 27.7. The first-order chi connectivity index (χ1) is 10.7. The first kappa shape index (κ1) is 15.9. The molecule has 4 unspecified atom stereocenters. The predicted octanol–water partition coefficient (Wildman–Crippen LogP) is 5.38. The fraction of sp³-hybridized carbons (Fsp3) is 0.700. The number of benzene rings is 1. The molecule has 2 fully saturated rings. The Hall–Kier alpha value is -1.02. The minimum absolute atomic E-state index is 0.399. The molecule has 0 aliphatic heterocycles. The van der Waals surface area contributed by atoms with Gasteiger partial charge in [-0.1, -0.05) is 32.9 Å². The average Bonchev–Trinajstić information content (AvgIpc) is 2.49. The molecule has 0 aromatic heterocycles. The monoisotopic (exact) mass is 302 g/mol. The molecule has 1 aromatic carbocycles. The Morgan fingerprint density at radius 1 is 1.14 bits per heavy atom. The molecule has 1 aromatic rings. The molecule has 2 saturated carbocycles. The Labute approximate surface area is 135 Å². The van der Waals surface area contributed by atoms with Crippen LogP contribution in [0.2, 0.25) is 0 Å². The van der Waals surface area contributed by atoms with E-state index in [2.05, 4.69) is 45.0 Å². The summed E-state index contributed by atoms with van der Waals surface area (Å²) in [6.07, 6.45) is 6.95. The Bertz CT molecular complexity index is 465. The Kier molecular flexibility index (Phi) is 5.07. The first-order valence-electron chi connectivity index (χ1n) is 9.01. The number of fused-ring (bicyclic) bond motifs is 1. The third-order valence-corrected chi connectivity index (χ3v) is 5.60. The van der Waals surface area contributed by atoms with Gasteiger partial charge in [0, 0.05) is 0 Å². The molecule has 0 bridgehead atoms. The van der Waals surface area contributed by atoms with E-state index < -0.39 is 0 Å². The third-order valence-electron chi connectivity index (χ3n) is 5.60. The van der Waals surface area contributed by atoms with E-state index in [0.717, 1.165) is 23.5 Å². The molecule has 0 spiro atoms. The lowest BCUT2D eigenvalue weighted by molar-refractivity contribution is -0.164. The summed E-state index contributed by atoms with van der Waals surface area (Å²) >= 11 is 0. The van der Waals surface area contributed by atoms with Gasteiger partial charge in [0.1, 0.15) is 5.75 Å². The van der Waals surface area contributed by atoms with Crippen LogP contribution in [-0.2, 0) is 4.74 Å². The maximum absolute atomic E-state index is 5.85. The van der Waals surface area contributed by atoms with Crippen LogP contribution in [0.5, 0.6) is 5.75 Å². The molecule has 2 aliphatic carbocycles. The molecule has 0 radical (unpaired) electrons. The largest absolute Gasteiger partial charge is 0.468 e. The number of rotatable bonds is 8. The highest BCUT2D eigenvalue weighted by Crippen LogP contribution is 2.51. The molecule has 4 atom stereocenters. The van der Waals surface area contributed by atoms with Gasteiger partial charge in [-0.05, 0) is 73.5 Å². The second kappa shape index (κ2) is 7.04. The molecule has 0 N–H and O–H groups in total. The fourth-order valence-corrected chi connectivity index (χ4v) is 3.98. The van der Waals surface area contributed by atoms with Crippen molar-refractivity contribution in [1.29, 1.82) is 0 Å². The third kappa shape index (κ3) is 3.48. The second-order valence-electron chi connectivity index (χ2n) is 7.51. The van der Waals surface area contributed by atoms with Gasteiger partial charge in [0.25, 0.3) is 0 Å². The maximum Gasteiger partial charge on any atom is 0.189 e. The van der Waals surface area contributed by atoms with E-state index in [4.69, 9.17) is 9.47 Å². The van der Waals surface area contributed by atoms with Crippen LogP contribution in [0, 0.1) is 17.8 Å². The van der Waals surface area contributed by atoms with Crippen molar-refractivity contribution >= 4 is 0 Å². The predicted molar refractivity (Wildman–Crippen MR) is 90.1 cm³/mol. The van der Waals surface area contributed by atoms with Crippen LogP contribution in [0.4, 0.5) is 0 Å². The van der Waals surface area contributed by atoms with Crippen LogP contribution in [0.25, 0.3) is 0 Å². The van der Waals surface area contributed by atoms with Gasteiger partial charge >= 0.3 is 0 Å². The molecule has 0 saturated heterocycles. The van der Waals surface area contributed by atoms with E-state index in [1.165, 1.54) is 37.7 Å². The van der Waals surface area contributed by atoms with E-state index in [1.807, 2.05) is 0 Å². The highest BCUT2D eigenvalue weighted by Gasteiger charge is 2.47. The molecular formula is C20H30O2. The molecule has 2 nitrogen and oxygen atoms in total. The lowest BCUT2D eigenvalue weighted by Crippen LogP contribution is -2.50. The van der Waals surface area contributed by atoms with Crippen LogP contribution in [0.1, 0.15) is 64.4 Å². The van der Waals surface area contributed by atoms with E-state index in [1.54, 1.807) is 0 Å². The Balaban J connectivity index is 1.44. The maximum atomic E-state index is 5.85. The number of ether oxygens (including phenoxy) is 2. The van der Waals surface area contributed by atoms with Crippen molar-refractivity contribution in [2.45, 2.75) is 64.9 Å². The minimum Gasteiger partial charge on any atom is -0.468 e. The molecule has 0 heterocycles. The summed E-state index contributed by atoms with van der Waals surface area (Å²) in [5.41, 5.74) is 1.43. The lowest BCUT2D eigenvalue weighted by Gasteiger charge is -2.52. The molecule has 122 valence electrons. The molecule has 22 heavy (non-hydrogen) atoms. The summed E-state index contributed by atoms with van der Waals surface area (Å²) in [5.74, 6) is 4.14. The quantitative estimate of drug-likeness (QED) is 0.600. The van der Waals surface area contributed by atoms with Crippen molar-refractivity contribution in [2.24, 2.45) is 17.8 Å². The molecule has 2 heteroatoms. The summed E-state index contributed by atoms with van der Waals surface area (Å²) in [6, 6.07) is 8.62. The smallest absolute Gasteiger partial charge is 0.189 e. The van der Waals surface area contributed by atoms with Gasteiger partial charge in [0.15, 0.2) is 6.79 Å². The highest BCUT2D eigenvalue weighted by molar-refractivity contribution is 5.29. The lowest BCUT2D eigenvalue weighted by atomic mass is 9.58. The van der Waals surface area contributed by atoms with Crippen molar-refractivity contribution in [3.63, 3.8) is 0 Å². The van der Waals surface area contributed by atoms with Crippen molar-refractivity contribution in [2.75, 3.05) is 6.79 Å². The van der Waals surface area contributed by atoms with Crippen LogP contribution in [-0.4, -0.2) is 12.9 Å². The molecule has 2 aliphatic rings. The summed E-state index contributed by atoms with van der Waals surface area (Å²) in [6.45, 7) is 7.27. The second-order valence-corrected chi connectivity index (χ2v) is 7.51. The minimum atomic E-state index is 0.399. The summed E-state index contributed by atoms with van der Waals surface area (Å²) in [5, 5.41) is 0. The number of hydrogen-bond donors (Lipinski definition) is 0. The van der Waals surface area contributed by atoms with Crippen LogP contribution in [0.15, 0.2) is 24.3 Å². The number of hydrogen-bond acceptors (Lipinski definition) is 2. The average molecular weight is 302 g/mol. The van der Waals surface area contributed by atoms with Gasteiger partial charge < -0.3 is 9.47 Å². The van der Waals surface area contributed by atoms with Gasteiger partial charge in [-0.15, -0.1) is 0 Å². The SMILES string of the molecule is CCC(CC(C)C)c1ccc(OCOC2CC3CCC32)cc1. The molecular weight excluding hydrogens is 272 g/mol. The molecule has 3 rings (SSSR count). The first-order valence-corrected chi connectivity index (χ1v) is 9.01. The Morgan fingerprint density at radius 3 is 2.41 bits per heavy atom. The summed E-state index contributed by atoms with van der Waals surface area (Å²) in [7, 11) is 0. The van der Waals surface area contributed by atoms with Crippen LogP contribution < -0.4 is 4.74 Å². The van der Waals surface area contributed by atoms with E-state index in [0.29, 0.717) is 18.8 Å². The van der Waals surface area contributed by atoms with Crippen molar-refractivity contribution in [3.05, 3.63) is 29.8 Å². The van der Waals surface area contributed by atoms with Gasteiger partial charge in [0.05, 0.1) is 6.10 Å². The fourth-order valence-electron chi connectivity index (χ4n) is 3.98. The zero-order valence-corrected chi connectivity index (χ0v) is 14.3. The standard InChI is InChI=1S/C20H30O2/c1-4-15(11-14(2)3)16-5-8-18(9-6-16)21-13-22-20-12-17-7-10-19(17)20/h5-6,8-9,14-15,17,19-20H,4,7,10-13H2,1-3H3. The molecule has 0 amide bonds. The van der Waals surface area contributed by atoms with E-state index >= 15 is 0 Å². The van der Waals surface area contributed by atoms with Gasteiger partial charge in [-0.3, -0.25) is 0 Å². The highest BCUT2D eigenvalue weighted by atomic mass is 16.7. The van der Waals surface area contributed by atoms with E-state index in [9.17, 15) is 0 Å². The van der Waals surface area contributed by atoms with Crippen molar-refractivity contribution in [1.82, 2.24) is 0 Å². The van der Waals surface area contributed by atoms with E-state index in [-0.39, 0.29) is 0 Å². The van der Waals surface area contributed by atoms with Gasteiger partial charge in [0.2, 0.25) is 0 Å². The van der Waals surface area contributed by atoms with Crippen molar-refractivity contribution < 1.29 is 9.47 Å². The van der Waals surface area contributed by atoms with Gasteiger partial charge in [-0.25, -0.2) is 0 Å². The van der Waals surface area contributed by atoms with Crippen LogP contribution >= 0.6 is 0 Å². The summed E-state index contributed by atoms with van der Waals surface area (Å²) < 4.78 is 11.6. The van der Waals surface area contributed by atoms with Crippen LogP contribution in [0.3, 0.4) is 0 Å². The van der Waals surface area contributed by atoms with Crippen molar-refractivity contribution in [3.8, 4) is 5.75 Å². The summed E-state index contributed by atoms with van der Waals surface area (Å²) in [4.78, 5) is 0. The topological polar surface area (TPSA) is 18.5 Å². The zero-order valence-electron chi connectivity index (χ0n) is 14.3. The van der Waals surface area contributed by atoms with Gasteiger partial charge in [-0.2, -0.15) is 0 Å².